The number of nitrogens with zero attached hydrogens (tertiary/aromatic N) is 2. The lowest BCUT2D eigenvalue weighted by molar-refractivity contribution is 0.0996. The first kappa shape index (κ1) is 14.0. The Morgan fingerprint density at radius 3 is 2.71 bits per heavy atom. The number of thioether (sulfide) groups is 1. The maximum absolute atomic E-state index is 10.0. The number of aliphatic hydroxyl groups is 1. The number of nitrogens with two attached hydrogens (primary N) is 1. The molecule has 17 heavy (non-hydrogen) atoms. The summed E-state index contributed by atoms with van der Waals surface area (Å²) >= 11 is 1.60. The maximum Gasteiger partial charge on any atom is 0.145 e. The third-order valence-electron chi connectivity index (χ3n) is 2.09. The molecule has 6 nitrogen and oxygen atoms in total. The summed E-state index contributed by atoms with van der Waals surface area (Å²) < 4.78 is 0. The number of aryl methyl sites for hydroxylation is 1. The largest absolute Gasteiger partial charge is 0.387 e. The molecule has 0 aliphatic heterocycles. The summed E-state index contributed by atoms with van der Waals surface area (Å²) in [5, 5.41) is 13.1. The second-order valence-corrected chi connectivity index (χ2v) is 4.98. The minimum atomic E-state index is -0.769. The predicted molar refractivity (Wildman–Crippen MR) is 72.1 cm³/mol. The van der Waals surface area contributed by atoms with Crippen LogP contribution >= 0.6 is 11.8 Å². The van der Waals surface area contributed by atoms with E-state index in [1.165, 1.54) is 0 Å². The van der Waals surface area contributed by atoms with Crippen LogP contribution in [0.25, 0.3) is 0 Å². The summed E-state index contributed by atoms with van der Waals surface area (Å²) in [6.45, 7) is 3.99. The highest BCUT2D eigenvalue weighted by Gasteiger charge is 2.19. The van der Waals surface area contributed by atoms with Gasteiger partial charge in [0.15, 0.2) is 0 Å². The number of nitrogen functional groups attached to an aromatic ring is 1. The van der Waals surface area contributed by atoms with Crippen molar-refractivity contribution in [2.24, 2.45) is 5.84 Å². The van der Waals surface area contributed by atoms with Crippen molar-refractivity contribution >= 4 is 23.4 Å². The molecule has 7 heteroatoms. The van der Waals surface area contributed by atoms with E-state index in [1.807, 2.05) is 6.26 Å². The Morgan fingerprint density at radius 1 is 1.47 bits per heavy atom. The van der Waals surface area contributed by atoms with Crippen molar-refractivity contribution in [3.05, 3.63) is 11.9 Å². The maximum atomic E-state index is 10.0. The standard InChI is InChI=1S/C10H19N5OS/c1-7-13-8(4-9(14-7)15-11)12-5-10(2,16)6-17-3/h4,16H,5-6,11H2,1-3H3,(H2,12,13,14,15). The number of hydrogen-bond acceptors (Lipinski definition) is 7. The molecule has 0 bridgehead atoms. The van der Waals surface area contributed by atoms with E-state index < -0.39 is 5.60 Å². The smallest absolute Gasteiger partial charge is 0.145 e. The molecule has 1 aromatic rings. The molecule has 0 aliphatic carbocycles. The van der Waals surface area contributed by atoms with Gasteiger partial charge >= 0.3 is 0 Å². The van der Waals surface area contributed by atoms with Gasteiger partial charge in [0, 0.05) is 18.4 Å². The number of anilines is 2. The predicted octanol–water partition coefficient (Wildman–Crippen LogP) is 0.597. The zero-order valence-corrected chi connectivity index (χ0v) is 11.1. The Morgan fingerprint density at radius 2 is 2.12 bits per heavy atom. The average Bonchev–Trinajstić information content (AvgIpc) is 2.26. The van der Waals surface area contributed by atoms with Crippen LogP contribution in [0.2, 0.25) is 0 Å². The fraction of sp³-hybridized carbons (Fsp3) is 0.600. The first-order valence-electron chi connectivity index (χ1n) is 5.24. The molecule has 1 aromatic heterocycles. The minimum absolute atomic E-state index is 0.425. The van der Waals surface area contributed by atoms with Gasteiger partial charge in [0.25, 0.3) is 0 Å². The molecule has 0 spiro atoms. The lowest BCUT2D eigenvalue weighted by Crippen LogP contribution is -2.36. The topological polar surface area (TPSA) is 96.1 Å². The highest BCUT2D eigenvalue weighted by Crippen LogP contribution is 2.14. The highest BCUT2D eigenvalue weighted by atomic mass is 32.2. The Hall–Kier alpha value is -1.05. The van der Waals surface area contributed by atoms with Crippen LogP contribution in [0, 0.1) is 6.92 Å². The van der Waals surface area contributed by atoms with Crippen LogP contribution in [0.5, 0.6) is 0 Å². The summed E-state index contributed by atoms with van der Waals surface area (Å²) in [7, 11) is 0. The SMILES string of the molecule is CSCC(C)(O)CNc1cc(NN)nc(C)n1. The van der Waals surface area contributed by atoms with E-state index in [1.54, 1.807) is 31.7 Å². The molecule has 0 saturated carbocycles. The molecule has 1 heterocycles. The number of rotatable bonds is 6. The average molecular weight is 257 g/mol. The lowest BCUT2D eigenvalue weighted by atomic mass is 10.1. The van der Waals surface area contributed by atoms with Crippen LogP contribution in [0.3, 0.4) is 0 Å². The van der Waals surface area contributed by atoms with E-state index in [0.717, 1.165) is 0 Å². The first-order chi connectivity index (χ1) is 7.96. The van der Waals surface area contributed by atoms with E-state index in [4.69, 9.17) is 5.84 Å². The Bertz CT molecular complexity index is 372. The van der Waals surface area contributed by atoms with Crippen molar-refractivity contribution in [2.75, 3.05) is 29.3 Å². The van der Waals surface area contributed by atoms with Crippen molar-refractivity contribution in [1.82, 2.24) is 9.97 Å². The molecule has 5 N–H and O–H groups in total. The fourth-order valence-corrected chi connectivity index (χ4v) is 2.10. The van der Waals surface area contributed by atoms with Crippen molar-refractivity contribution in [3.8, 4) is 0 Å². The number of nitrogens with one attached hydrogen (secondary N) is 2. The molecular weight excluding hydrogens is 238 g/mol. The van der Waals surface area contributed by atoms with Crippen LogP contribution < -0.4 is 16.6 Å². The minimum Gasteiger partial charge on any atom is -0.387 e. The molecule has 0 fully saturated rings. The van der Waals surface area contributed by atoms with Gasteiger partial charge in [0.1, 0.15) is 17.5 Å². The molecule has 1 unspecified atom stereocenters. The zero-order chi connectivity index (χ0) is 12.9. The van der Waals surface area contributed by atoms with Gasteiger partial charge in [-0.25, -0.2) is 15.8 Å². The molecule has 0 saturated heterocycles. The summed E-state index contributed by atoms with van der Waals surface area (Å²) in [6.07, 6.45) is 1.96. The van der Waals surface area contributed by atoms with Crippen LogP contribution in [0.1, 0.15) is 12.7 Å². The third-order valence-corrected chi connectivity index (χ3v) is 3.00. The molecule has 0 radical (unpaired) electrons. The van der Waals surface area contributed by atoms with Gasteiger partial charge in [-0.1, -0.05) is 0 Å². The normalized spacial score (nSPS) is 14.2. The van der Waals surface area contributed by atoms with Gasteiger partial charge in [-0.3, -0.25) is 0 Å². The van der Waals surface area contributed by atoms with Crippen molar-refractivity contribution in [2.45, 2.75) is 19.4 Å². The molecular formula is C10H19N5OS. The molecule has 96 valence electrons. The zero-order valence-electron chi connectivity index (χ0n) is 10.3. The van der Waals surface area contributed by atoms with Gasteiger partial charge < -0.3 is 15.8 Å². The van der Waals surface area contributed by atoms with Crippen LogP contribution in [-0.4, -0.2) is 39.2 Å². The Kier molecular flexibility index (Phi) is 4.98. The molecule has 0 aliphatic rings. The summed E-state index contributed by atoms with van der Waals surface area (Å²) in [4.78, 5) is 8.29. The molecule has 0 amide bonds. The molecule has 0 aromatic carbocycles. The van der Waals surface area contributed by atoms with Crippen molar-refractivity contribution in [3.63, 3.8) is 0 Å². The molecule has 1 atom stereocenters. The van der Waals surface area contributed by atoms with Crippen LogP contribution in [0.15, 0.2) is 6.07 Å². The molecule has 1 rings (SSSR count). The van der Waals surface area contributed by atoms with Gasteiger partial charge in [-0.15, -0.1) is 0 Å². The van der Waals surface area contributed by atoms with Gasteiger partial charge in [0.05, 0.1) is 5.60 Å². The summed E-state index contributed by atoms with van der Waals surface area (Å²) in [5.41, 5.74) is 1.70. The fourth-order valence-electron chi connectivity index (χ4n) is 1.38. The van der Waals surface area contributed by atoms with Crippen LogP contribution in [0.4, 0.5) is 11.6 Å². The number of hydrogen-bond donors (Lipinski definition) is 4. The third kappa shape index (κ3) is 4.76. The van der Waals surface area contributed by atoms with Gasteiger partial charge in [-0.2, -0.15) is 11.8 Å². The first-order valence-corrected chi connectivity index (χ1v) is 6.64. The second-order valence-electron chi connectivity index (χ2n) is 4.11. The Balaban J connectivity index is 2.65. The quantitative estimate of drug-likeness (QED) is 0.437. The number of hydrazine groups is 1. The Labute approximate surface area is 105 Å². The van der Waals surface area contributed by atoms with E-state index in [2.05, 4.69) is 20.7 Å². The van der Waals surface area contributed by atoms with Crippen LogP contribution in [-0.2, 0) is 0 Å². The van der Waals surface area contributed by atoms with E-state index in [0.29, 0.717) is 29.8 Å². The lowest BCUT2D eigenvalue weighted by Gasteiger charge is -2.22. The second kappa shape index (κ2) is 6.04. The van der Waals surface area contributed by atoms with Gasteiger partial charge in [0.2, 0.25) is 0 Å². The summed E-state index contributed by atoms with van der Waals surface area (Å²) in [6, 6.07) is 1.70. The monoisotopic (exact) mass is 257 g/mol. The van der Waals surface area contributed by atoms with E-state index in [9.17, 15) is 5.11 Å². The number of aromatic nitrogens is 2. The summed E-state index contributed by atoms with van der Waals surface area (Å²) in [5.74, 6) is 7.76. The van der Waals surface area contributed by atoms with Crippen molar-refractivity contribution < 1.29 is 5.11 Å². The van der Waals surface area contributed by atoms with Crippen molar-refractivity contribution in [1.29, 1.82) is 0 Å². The van der Waals surface area contributed by atoms with E-state index >= 15 is 0 Å². The highest BCUT2D eigenvalue weighted by molar-refractivity contribution is 7.98. The van der Waals surface area contributed by atoms with Gasteiger partial charge in [-0.05, 0) is 20.1 Å². The van der Waals surface area contributed by atoms with E-state index in [-0.39, 0.29) is 0 Å².